The van der Waals surface area contributed by atoms with Crippen molar-refractivity contribution in [1.82, 2.24) is 0 Å². The van der Waals surface area contributed by atoms with Crippen molar-refractivity contribution in [2.24, 2.45) is 0 Å². The molecule has 3 aromatic carbocycles. The van der Waals surface area contributed by atoms with Crippen LogP contribution in [0.4, 0.5) is 5.69 Å². The van der Waals surface area contributed by atoms with Crippen molar-refractivity contribution < 1.29 is 19.1 Å². The van der Waals surface area contributed by atoms with Gasteiger partial charge in [-0.1, -0.05) is 42.5 Å². The van der Waals surface area contributed by atoms with Gasteiger partial charge in [0.2, 0.25) is 0 Å². The predicted molar refractivity (Wildman–Crippen MR) is 96.5 cm³/mol. The van der Waals surface area contributed by atoms with E-state index in [0.717, 1.165) is 17.1 Å². The van der Waals surface area contributed by atoms with E-state index < -0.39 is 0 Å². The molecule has 5 heteroatoms. The van der Waals surface area contributed by atoms with E-state index in [9.17, 15) is 9.59 Å². The Morgan fingerprint density at radius 1 is 1.00 bits per heavy atom. The number of rotatable bonds is 6. The van der Waals surface area contributed by atoms with E-state index in [2.05, 4.69) is 5.32 Å². The normalized spacial score (nSPS) is 10.3. The van der Waals surface area contributed by atoms with Gasteiger partial charge in [-0.15, -0.1) is 0 Å². The molecule has 0 aliphatic rings. The van der Waals surface area contributed by atoms with Crippen LogP contribution in [0.2, 0.25) is 0 Å². The molecule has 0 saturated heterocycles. The number of hydrogen-bond acceptors (Lipinski definition) is 4. The largest absolute Gasteiger partial charge is 0.495 e. The van der Waals surface area contributed by atoms with Crippen LogP contribution in [0.3, 0.4) is 0 Å². The van der Waals surface area contributed by atoms with Gasteiger partial charge in [-0.25, -0.2) is 0 Å². The standard InChI is InChI=1S/C20H17NO4/c1-24-19-9-5-4-8-17(19)21-20(23)13-25-18-11-10-14-6-2-3-7-15(14)16(18)12-22/h2-12H,13H2,1H3,(H,21,23). The van der Waals surface area contributed by atoms with Crippen molar-refractivity contribution in [3.8, 4) is 11.5 Å². The number of anilines is 1. The Morgan fingerprint density at radius 2 is 1.76 bits per heavy atom. The van der Waals surface area contributed by atoms with Crippen LogP contribution in [0.25, 0.3) is 10.8 Å². The third-order valence-electron chi connectivity index (χ3n) is 3.79. The predicted octanol–water partition coefficient (Wildman–Crippen LogP) is 3.68. The highest BCUT2D eigenvalue weighted by molar-refractivity contribution is 6.01. The van der Waals surface area contributed by atoms with Gasteiger partial charge in [-0.3, -0.25) is 9.59 Å². The topological polar surface area (TPSA) is 64.6 Å². The maximum Gasteiger partial charge on any atom is 0.262 e. The zero-order valence-corrected chi connectivity index (χ0v) is 13.7. The SMILES string of the molecule is COc1ccccc1NC(=O)COc1ccc2ccccc2c1C=O. The minimum atomic E-state index is -0.338. The van der Waals surface area contributed by atoms with Gasteiger partial charge < -0.3 is 14.8 Å². The first-order valence-electron chi connectivity index (χ1n) is 7.75. The zero-order valence-electron chi connectivity index (χ0n) is 13.7. The van der Waals surface area contributed by atoms with Gasteiger partial charge in [0, 0.05) is 0 Å². The van der Waals surface area contributed by atoms with E-state index in [1.54, 1.807) is 24.3 Å². The fourth-order valence-electron chi connectivity index (χ4n) is 2.60. The van der Waals surface area contributed by atoms with Gasteiger partial charge in [0.25, 0.3) is 5.91 Å². The summed E-state index contributed by atoms with van der Waals surface area (Å²) >= 11 is 0. The van der Waals surface area contributed by atoms with Crippen molar-refractivity contribution in [2.75, 3.05) is 19.0 Å². The molecule has 0 aromatic heterocycles. The number of hydrogen-bond donors (Lipinski definition) is 1. The van der Waals surface area contributed by atoms with Gasteiger partial charge in [0.05, 0.1) is 18.4 Å². The molecular weight excluding hydrogens is 318 g/mol. The molecule has 0 aliphatic heterocycles. The lowest BCUT2D eigenvalue weighted by atomic mass is 10.0. The summed E-state index contributed by atoms with van der Waals surface area (Å²) in [5.41, 5.74) is 0.996. The van der Waals surface area contributed by atoms with Gasteiger partial charge in [-0.05, 0) is 29.0 Å². The second-order valence-corrected chi connectivity index (χ2v) is 5.35. The Morgan fingerprint density at radius 3 is 2.56 bits per heavy atom. The Kier molecular flexibility index (Phi) is 4.95. The zero-order chi connectivity index (χ0) is 17.6. The number of amides is 1. The van der Waals surface area contributed by atoms with Crippen molar-refractivity contribution in [3.05, 3.63) is 66.2 Å². The summed E-state index contributed by atoms with van der Waals surface area (Å²) in [6.07, 6.45) is 0.746. The number of aldehydes is 1. The molecule has 0 aliphatic carbocycles. The Balaban J connectivity index is 1.74. The van der Waals surface area contributed by atoms with Gasteiger partial charge >= 0.3 is 0 Å². The van der Waals surface area contributed by atoms with Crippen LogP contribution in [-0.4, -0.2) is 25.9 Å². The number of ether oxygens (including phenoxy) is 2. The lowest BCUT2D eigenvalue weighted by Crippen LogP contribution is -2.20. The van der Waals surface area contributed by atoms with Crippen LogP contribution in [0, 0.1) is 0 Å². The lowest BCUT2D eigenvalue weighted by molar-refractivity contribution is -0.118. The summed E-state index contributed by atoms with van der Waals surface area (Å²) in [6.45, 7) is -0.211. The second kappa shape index (κ2) is 7.49. The molecule has 1 N–H and O–H groups in total. The molecule has 0 radical (unpaired) electrons. The second-order valence-electron chi connectivity index (χ2n) is 5.35. The van der Waals surface area contributed by atoms with Crippen LogP contribution >= 0.6 is 0 Å². The maximum atomic E-state index is 12.1. The summed E-state index contributed by atoms with van der Waals surface area (Å²) in [5, 5.41) is 4.46. The van der Waals surface area contributed by atoms with E-state index in [1.165, 1.54) is 7.11 Å². The highest BCUT2D eigenvalue weighted by atomic mass is 16.5. The molecule has 1 amide bonds. The number of methoxy groups -OCH3 is 1. The molecule has 5 nitrogen and oxygen atoms in total. The van der Waals surface area contributed by atoms with Crippen LogP contribution in [-0.2, 0) is 4.79 Å². The van der Waals surface area contributed by atoms with Crippen LogP contribution in [0.5, 0.6) is 11.5 Å². The molecular formula is C20H17NO4. The van der Waals surface area contributed by atoms with Gasteiger partial charge in [0.15, 0.2) is 12.9 Å². The average molecular weight is 335 g/mol. The fraction of sp³-hybridized carbons (Fsp3) is 0.100. The third kappa shape index (κ3) is 3.61. The number of fused-ring (bicyclic) bond motifs is 1. The van der Waals surface area contributed by atoms with Crippen LogP contribution in [0.1, 0.15) is 10.4 Å². The minimum Gasteiger partial charge on any atom is -0.495 e. The van der Waals surface area contributed by atoms with Crippen LogP contribution in [0.15, 0.2) is 60.7 Å². The minimum absolute atomic E-state index is 0.211. The summed E-state index contributed by atoms with van der Waals surface area (Å²) in [6, 6.07) is 18.2. The lowest BCUT2D eigenvalue weighted by Gasteiger charge is -2.12. The molecule has 0 saturated carbocycles. The van der Waals surface area contributed by atoms with Crippen molar-refractivity contribution in [3.63, 3.8) is 0 Å². The smallest absolute Gasteiger partial charge is 0.262 e. The Hall–Kier alpha value is -3.34. The highest BCUT2D eigenvalue weighted by Gasteiger charge is 2.11. The Bertz CT molecular complexity index is 920. The van der Waals surface area contributed by atoms with E-state index in [1.807, 2.05) is 36.4 Å². The van der Waals surface area contributed by atoms with Gasteiger partial charge in [-0.2, -0.15) is 0 Å². The first-order valence-corrected chi connectivity index (χ1v) is 7.75. The first-order chi connectivity index (χ1) is 12.2. The summed E-state index contributed by atoms with van der Waals surface area (Å²) in [5.74, 6) is 0.605. The molecule has 0 spiro atoms. The van der Waals surface area contributed by atoms with E-state index in [-0.39, 0.29) is 12.5 Å². The van der Waals surface area contributed by atoms with E-state index >= 15 is 0 Å². The molecule has 0 heterocycles. The number of carbonyl (C=O) groups is 2. The van der Waals surface area contributed by atoms with Crippen LogP contribution < -0.4 is 14.8 Å². The molecule has 25 heavy (non-hydrogen) atoms. The average Bonchev–Trinajstić information content (AvgIpc) is 2.66. The summed E-state index contributed by atoms with van der Waals surface area (Å²) in [7, 11) is 1.53. The summed E-state index contributed by atoms with van der Waals surface area (Å²) in [4.78, 5) is 23.6. The molecule has 3 rings (SSSR count). The van der Waals surface area contributed by atoms with E-state index in [4.69, 9.17) is 9.47 Å². The first kappa shape index (κ1) is 16.5. The van der Waals surface area contributed by atoms with Crippen molar-refractivity contribution in [2.45, 2.75) is 0 Å². The molecule has 0 unspecified atom stereocenters. The summed E-state index contributed by atoms with van der Waals surface area (Å²) < 4.78 is 10.8. The molecule has 0 bridgehead atoms. The quantitative estimate of drug-likeness (QED) is 0.698. The monoisotopic (exact) mass is 335 g/mol. The third-order valence-corrected chi connectivity index (χ3v) is 3.79. The number of benzene rings is 3. The Labute approximate surface area is 145 Å². The van der Waals surface area contributed by atoms with Crippen molar-refractivity contribution >= 4 is 28.7 Å². The highest BCUT2D eigenvalue weighted by Crippen LogP contribution is 2.27. The molecule has 0 atom stereocenters. The number of carbonyl (C=O) groups excluding carboxylic acids is 2. The van der Waals surface area contributed by atoms with E-state index in [0.29, 0.717) is 22.7 Å². The fourth-order valence-corrected chi connectivity index (χ4v) is 2.60. The number of para-hydroxylation sites is 2. The molecule has 0 fully saturated rings. The molecule has 3 aromatic rings. The maximum absolute atomic E-state index is 12.1. The van der Waals surface area contributed by atoms with Gasteiger partial charge in [0.1, 0.15) is 11.5 Å². The van der Waals surface area contributed by atoms with Crippen molar-refractivity contribution in [1.29, 1.82) is 0 Å². The number of nitrogens with one attached hydrogen (secondary N) is 1. The molecule has 126 valence electrons.